The van der Waals surface area contributed by atoms with E-state index in [1.54, 1.807) is 0 Å². The number of carbonyl (C=O) groups excluding carboxylic acids is 3. The Kier molecular flexibility index (Phi) is 6.02. The third-order valence-electron chi connectivity index (χ3n) is 10.2. The summed E-state index contributed by atoms with van der Waals surface area (Å²) in [5, 5.41) is 0. The van der Waals surface area contributed by atoms with Crippen molar-refractivity contribution in [1.82, 2.24) is 0 Å². The molecule has 0 amide bonds. The first-order valence-corrected chi connectivity index (χ1v) is 12.4. The van der Waals surface area contributed by atoms with Crippen molar-refractivity contribution in [2.75, 3.05) is 0 Å². The lowest BCUT2D eigenvalue weighted by Crippen LogP contribution is -2.59. The Morgan fingerprint density at radius 1 is 0.903 bits per heavy atom. The van der Waals surface area contributed by atoms with E-state index < -0.39 is 0 Å². The highest BCUT2D eigenvalue weighted by atomic mass is 16.5. The van der Waals surface area contributed by atoms with Gasteiger partial charge in [0.05, 0.1) is 0 Å². The zero-order valence-corrected chi connectivity index (χ0v) is 19.9. The molecule has 0 radical (unpaired) electrons. The second-order valence-corrected chi connectivity index (χ2v) is 11.6. The largest absolute Gasteiger partial charge is 0.463 e. The molecule has 4 rings (SSSR count). The third kappa shape index (κ3) is 3.74. The van der Waals surface area contributed by atoms with Gasteiger partial charge in [-0.1, -0.05) is 20.8 Å². The fourth-order valence-electron chi connectivity index (χ4n) is 8.83. The van der Waals surface area contributed by atoms with E-state index in [0.717, 1.165) is 57.7 Å². The van der Waals surface area contributed by atoms with Crippen LogP contribution in [0, 0.1) is 46.3 Å². The molecule has 0 saturated heterocycles. The van der Waals surface area contributed by atoms with Gasteiger partial charge in [-0.2, -0.15) is 0 Å². The van der Waals surface area contributed by atoms with Gasteiger partial charge in [0.15, 0.2) is 0 Å². The fraction of sp³-hybridized carbons (Fsp3) is 0.885. The summed E-state index contributed by atoms with van der Waals surface area (Å²) in [6, 6.07) is 0. The monoisotopic (exact) mass is 432 g/mol. The maximum atomic E-state index is 12.1. The van der Waals surface area contributed by atoms with Crippen LogP contribution in [0.5, 0.6) is 0 Å². The van der Waals surface area contributed by atoms with Crippen molar-refractivity contribution in [3.05, 3.63) is 0 Å². The third-order valence-corrected chi connectivity index (χ3v) is 10.2. The molecule has 4 aliphatic rings. The Morgan fingerprint density at radius 2 is 1.55 bits per heavy atom. The predicted molar refractivity (Wildman–Crippen MR) is 117 cm³/mol. The van der Waals surface area contributed by atoms with Crippen molar-refractivity contribution in [2.45, 2.75) is 98.2 Å². The average Bonchev–Trinajstić information content (AvgIpc) is 3.04. The van der Waals surface area contributed by atoms with Gasteiger partial charge in [-0.15, -0.1) is 0 Å². The van der Waals surface area contributed by atoms with E-state index in [1.165, 1.54) is 13.8 Å². The minimum Gasteiger partial charge on any atom is -0.463 e. The lowest BCUT2D eigenvalue weighted by atomic mass is 9.43. The Bertz CT molecular complexity index is 733. The zero-order valence-electron chi connectivity index (χ0n) is 19.9. The zero-order chi connectivity index (χ0) is 22.6. The van der Waals surface area contributed by atoms with Crippen LogP contribution in [0.15, 0.2) is 0 Å². The summed E-state index contributed by atoms with van der Waals surface area (Å²) in [5.41, 5.74) is 0.353. The summed E-state index contributed by atoms with van der Waals surface area (Å²) in [5.74, 6) is 1.94. The lowest BCUT2D eigenvalue weighted by molar-refractivity contribution is -0.196. The number of fused-ring (bicyclic) bond motifs is 5. The van der Waals surface area contributed by atoms with Gasteiger partial charge in [0.25, 0.3) is 0 Å². The van der Waals surface area contributed by atoms with E-state index in [-0.39, 0.29) is 40.9 Å². The van der Waals surface area contributed by atoms with Gasteiger partial charge in [0, 0.05) is 25.7 Å². The lowest BCUT2D eigenvalue weighted by Gasteiger charge is -2.62. The summed E-state index contributed by atoms with van der Waals surface area (Å²) >= 11 is 0. The molecule has 0 heterocycles. The van der Waals surface area contributed by atoms with Crippen LogP contribution in [-0.4, -0.2) is 30.4 Å². The molecule has 1 unspecified atom stereocenters. The minimum absolute atomic E-state index is 0.0109. The number of esters is 2. The van der Waals surface area contributed by atoms with Crippen molar-refractivity contribution < 1.29 is 23.9 Å². The Morgan fingerprint density at radius 3 is 2.19 bits per heavy atom. The molecule has 0 aliphatic heterocycles. The van der Waals surface area contributed by atoms with Crippen LogP contribution < -0.4 is 0 Å². The van der Waals surface area contributed by atoms with Crippen LogP contribution >= 0.6 is 0 Å². The van der Waals surface area contributed by atoms with Crippen LogP contribution in [0.1, 0.15) is 86.0 Å². The van der Waals surface area contributed by atoms with Crippen molar-refractivity contribution in [2.24, 2.45) is 46.3 Å². The first kappa shape index (κ1) is 22.8. The van der Waals surface area contributed by atoms with Gasteiger partial charge in [0.1, 0.15) is 18.5 Å². The summed E-state index contributed by atoms with van der Waals surface area (Å²) in [6.07, 6.45) is 9.35. The maximum Gasteiger partial charge on any atom is 0.302 e. The van der Waals surface area contributed by atoms with Gasteiger partial charge in [0.2, 0.25) is 0 Å². The second-order valence-electron chi connectivity index (χ2n) is 11.6. The highest BCUT2D eigenvalue weighted by Gasteiger charge is 2.64. The smallest absolute Gasteiger partial charge is 0.302 e. The van der Waals surface area contributed by atoms with Crippen molar-refractivity contribution in [3.8, 4) is 0 Å². The molecule has 4 aliphatic carbocycles. The number of aldehydes is 1. The number of ether oxygens (including phenoxy) is 2. The molecule has 0 aromatic heterocycles. The first-order valence-electron chi connectivity index (χ1n) is 12.4. The second kappa shape index (κ2) is 8.19. The molecular formula is C26H40O5. The van der Waals surface area contributed by atoms with Gasteiger partial charge >= 0.3 is 11.9 Å². The summed E-state index contributed by atoms with van der Waals surface area (Å²) in [4.78, 5) is 35.3. The van der Waals surface area contributed by atoms with Gasteiger partial charge in [-0.3, -0.25) is 9.59 Å². The molecule has 31 heavy (non-hydrogen) atoms. The van der Waals surface area contributed by atoms with Gasteiger partial charge in [-0.25, -0.2) is 0 Å². The highest BCUT2D eigenvalue weighted by Crippen LogP contribution is 2.68. The van der Waals surface area contributed by atoms with E-state index in [9.17, 15) is 14.4 Å². The SMILES string of the molecule is CC(=O)O[C@@H]1CC[C@@]2(C)[C@@H](C1)C[C@H](OC(C)=O)[C@H]1C3CC[C@H]([C@H](C)C=O)[C@@]3(C)CC[C@@H]12. The van der Waals surface area contributed by atoms with Crippen LogP contribution in [0.2, 0.25) is 0 Å². The van der Waals surface area contributed by atoms with E-state index >= 15 is 0 Å². The Labute approximate surface area is 187 Å². The topological polar surface area (TPSA) is 69.7 Å². The normalized spacial score (nSPS) is 47.3. The van der Waals surface area contributed by atoms with Gasteiger partial charge in [-0.05, 0) is 85.9 Å². The Hall–Kier alpha value is -1.39. The molecule has 0 spiro atoms. The summed E-state index contributed by atoms with van der Waals surface area (Å²) < 4.78 is 11.6. The molecular weight excluding hydrogens is 392 g/mol. The molecule has 174 valence electrons. The first-order chi connectivity index (χ1) is 14.6. The molecule has 0 aromatic carbocycles. The minimum atomic E-state index is -0.200. The predicted octanol–water partition coefficient (Wildman–Crippen LogP) is 4.95. The standard InChI is InChI=1S/C26H40O5/c1-15(14-27)20-6-7-21-24-22(9-11-26(20,21)5)25(4)10-8-19(30-16(2)28)12-18(25)13-23(24)31-17(3)29/h14-15,18-24H,6-13H2,1-5H3/t15-,18+,19-,20-,21?,22+,23+,24+,25+,26-/m1/s1. The molecule has 10 atom stereocenters. The number of hydrogen-bond donors (Lipinski definition) is 0. The molecule has 4 saturated carbocycles. The quantitative estimate of drug-likeness (QED) is 0.464. The van der Waals surface area contributed by atoms with Crippen LogP contribution in [-0.2, 0) is 23.9 Å². The molecule has 5 nitrogen and oxygen atoms in total. The molecule has 0 bridgehead atoms. The maximum absolute atomic E-state index is 12.1. The summed E-state index contributed by atoms with van der Waals surface area (Å²) in [7, 11) is 0. The van der Waals surface area contributed by atoms with Crippen LogP contribution in [0.25, 0.3) is 0 Å². The van der Waals surface area contributed by atoms with E-state index in [1.807, 2.05) is 0 Å². The van der Waals surface area contributed by atoms with Gasteiger partial charge < -0.3 is 14.3 Å². The van der Waals surface area contributed by atoms with Crippen molar-refractivity contribution in [3.63, 3.8) is 0 Å². The summed E-state index contributed by atoms with van der Waals surface area (Å²) in [6.45, 7) is 9.95. The average molecular weight is 433 g/mol. The molecule has 5 heteroatoms. The molecule has 0 aromatic rings. The highest BCUT2D eigenvalue weighted by molar-refractivity contribution is 5.66. The molecule has 0 N–H and O–H groups in total. The van der Waals surface area contributed by atoms with Crippen molar-refractivity contribution >= 4 is 18.2 Å². The van der Waals surface area contributed by atoms with Crippen LogP contribution in [0.4, 0.5) is 0 Å². The van der Waals surface area contributed by atoms with Crippen molar-refractivity contribution in [1.29, 1.82) is 0 Å². The number of rotatable bonds is 4. The van der Waals surface area contributed by atoms with Crippen LogP contribution in [0.3, 0.4) is 0 Å². The fourth-order valence-corrected chi connectivity index (χ4v) is 8.83. The number of hydrogen-bond acceptors (Lipinski definition) is 5. The van der Waals surface area contributed by atoms with E-state index in [2.05, 4.69) is 20.8 Å². The van der Waals surface area contributed by atoms with E-state index in [4.69, 9.17) is 9.47 Å². The number of carbonyl (C=O) groups is 3. The van der Waals surface area contributed by atoms with E-state index in [0.29, 0.717) is 29.6 Å². The molecule has 4 fully saturated rings. The Balaban J connectivity index is 1.65.